The van der Waals surface area contributed by atoms with Crippen molar-refractivity contribution in [1.82, 2.24) is 9.88 Å². The topological polar surface area (TPSA) is 53.4 Å². The van der Waals surface area contributed by atoms with Gasteiger partial charge in [-0.15, -0.1) is 0 Å². The van der Waals surface area contributed by atoms with Gasteiger partial charge >= 0.3 is 0 Å². The summed E-state index contributed by atoms with van der Waals surface area (Å²) in [5.41, 5.74) is 1.17. The number of hydrogen-bond acceptors (Lipinski definition) is 3. The fourth-order valence-electron chi connectivity index (χ4n) is 1.75. The van der Waals surface area contributed by atoms with Crippen LogP contribution in [-0.2, 0) is 0 Å². The SMILES string of the molecule is CCN(CC(C)C)C(=O)c1cncc(C#CCO)c1. The third-order valence-corrected chi connectivity index (χ3v) is 2.55. The molecular formula is C15H20N2O2. The van der Waals surface area contributed by atoms with E-state index >= 15 is 0 Å². The Morgan fingerprint density at radius 2 is 2.21 bits per heavy atom. The van der Waals surface area contributed by atoms with Crippen LogP contribution in [0.1, 0.15) is 36.7 Å². The molecule has 1 aromatic rings. The van der Waals surface area contributed by atoms with Gasteiger partial charge in [-0.05, 0) is 18.9 Å². The summed E-state index contributed by atoms with van der Waals surface area (Å²) >= 11 is 0. The molecule has 0 fully saturated rings. The molecule has 0 radical (unpaired) electrons. The van der Waals surface area contributed by atoms with E-state index < -0.39 is 0 Å². The van der Waals surface area contributed by atoms with Gasteiger partial charge < -0.3 is 10.0 Å². The van der Waals surface area contributed by atoms with E-state index in [-0.39, 0.29) is 12.5 Å². The molecule has 0 aliphatic carbocycles. The van der Waals surface area contributed by atoms with Gasteiger partial charge in [0.15, 0.2) is 0 Å². The lowest BCUT2D eigenvalue weighted by atomic mass is 10.1. The number of aliphatic hydroxyl groups is 1. The van der Waals surface area contributed by atoms with Crippen LogP contribution >= 0.6 is 0 Å². The quantitative estimate of drug-likeness (QED) is 0.836. The average Bonchev–Trinajstić information content (AvgIpc) is 2.41. The van der Waals surface area contributed by atoms with Gasteiger partial charge in [0.05, 0.1) is 5.56 Å². The molecule has 4 heteroatoms. The molecule has 0 saturated carbocycles. The Labute approximate surface area is 114 Å². The van der Waals surface area contributed by atoms with Gasteiger partial charge in [-0.2, -0.15) is 0 Å². The largest absolute Gasteiger partial charge is 0.384 e. The molecule has 1 N–H and O–H groups in total. The minimum atomic E-state index is -0.202. The summed E-state index contributed by atoms with van der Waals surface area (Å²) < 4.78 is 0. The van der Waals surface area contributed by atoms with Crippen molar-refractivity contribution in [3.8, 4) is 11.8 Å². The van der Waals surface area contributed by atoms with Crippen molar-refractivity contribution >= 4 is 5.91 Å². The predicted molar refractivity (Wildman–Crippen MR) is 74.6 cm³/mol. The van der Waals surface area contributed by atoms with Crippen molar-refractivity contribution in [2.24, 2.45) is 5.92 Å². The van der Waals surface area contributed by atoms with Crippen LogP contribution in [0.15, 0.2) is 18.5 Å². The number of hydrogen-bond donors (Lipinski definition) is 1. The summed E-state index contributed by atoms with van der Waals surface area (Å²) in [6.45, 7) is 7.32. The number of carbonyl (C=O) groups is 1. The number of aromatic nitrogens is 1. The van der Waals surface area contributed by atoms with E-state index in [0.717, 1.165) is 6.54 Å². The van der Waals surface area contributed by atoms with Crippen molar-refractivity contribution in [2.75, 3.05) is 19.7 Å². The Kier molecular flexibility index (Phi) is 6.04. The van der Waals surface area contributed by atoms with E-state index in [0.29, 0.717) is 23.6 Å². The summed E-state index contributed by atoms with van der Waals surface area (Å²) in [5.74, 6) is 5.69. The lowest BCUT2D eigenvalue weighted by Crippen LogP contribution is -2.34. The van der Waals surface area contributed by atoms with Gasteiger partial charge in [-0.3, -0.25) is 9.78 Å². The van der Waals surface area contributed by atoms with E-state index in [1.807, 2.05) is 6.92 Å². The number of amides is 1. The minimum Gasteiger partial charge on any atom is -0.384 e. The van der Waals surface area contributed by atoms with Crippen LogP contribution in [0, 0.1) is 17.8 Å². The normalized spacial score (nSPS) is 9.95. The first-order valence-electron chi connectivity index (χ1n) is 6.42. The number of rotatable bonds is 4. The number of nitrogens with zero attached hydrogens (tertiary/aromatic N) is 2. The first-order valence-corrected chi connectivity index (χ1v) is 6.42. The van der Waals surface area contributed by atoms with Gasteiger partial charge in [0.1, 0.15) is 6.61 Å². The maximum Gasteiger partial charge on any atom is 0.255 e. The average molecular weight is 260 g/mol. The smallest absolute Gasteiger partial charge is 0.255 e. The molecule has 0 bridgehead atoms. The predicted octanol–water partition coefficient (Wildman–Crippen LogP) is 1.54. The summed E-state index contributed by atoms with van der Waals surface area (Å²) in [5, 5.41) is 8.66. The van der Waals surface area contributed by atoms with Crippen LogP contribution in [0.5, 0.6) is 0 Å². The third-order valence-electron chi connectivity index (χ3n) is 2.55. The molecule has 0 spiro atoms. The lowest BCUT2D eigenvalue weighted by Gasteiger charge is -2.22. The van der Waals surface area contributed by atoms with Crippen LogP contribution in [0.3, 0.4) is 0 Å². The number of pyridine rings is 1. The molecule has 1 heterocycles. The van der Waals surface area contributed by atoms with Gasteiger partial charge in [0.25, 0.3) is 5.91 Å². The zero-order chi connectivity index (χ0) is 14.3. The van der Waals surface area contributed by atoms with Crippen molar-refractivity contribution in [3.63, 3.8) is 0 Å². The van der Waals surface area contributed by atoms with E-state index in [4.69, 9.17) is 5.11 Å². The van der Waals surface area contributed by atoms with Crippen LogP contribution in [0.4, 0.5) is 0 Å². The monoisotopic (exact) mass is 260 g/mol. The molecule has 0 atom stereocenters. The Morgan fingerprint density at radius 3 is 2.79 bits per heavy atom. The van der Waals surface area contributed by atoms with E-state index in [9.17, 15) is 4.79 Å². The van der Waals surface area contributed by atoms with E-state index in [2.05, 4.69) is 30.7 Å². The second-order valence-corrected chi connectivity index (χ2v) is 4.66. The number of carbonyl (C=O) groups excluding carboxylic acids is 1. The summed E-state index contributed by atoms with van der Waals surface area (Å²) in [6.07, 6.45) is 3.13. The van der Waals surface area contributed by atoms with Crippen LogP contribution < -0.4 is 0 Å². The lowest BCUT2D eigenvalue weighted by molar-refractivity contribution is 0.0745. The first kappa shape index (κ1) is 15.2. The van der Waals surface area contributed by atoms with Gasteiger partial charge in [-0.25, -0.2) is 0 Å². The fourth-order valence-corrected chi connectivity index (χ4v) is 1.75. The van der Waals surface area contributed by atoms with Crippen LogP contribution in [-0.4, -0.2) is 40.6 Å². The third kappa shape index (κ3) is 4.72. The highest BCUT2D eigenvalue weighted by molar-refractivity contribution is 5.94. The molecule has 0 aliphatic rings. The molecule has 0 aromatic carbocycles. The molecule has 4 nitrogen and oxygen atoms in total. The van der Waals surface area contributed by atoms with Gasteiger partial charge in [-0.1, -0.05) is 25.7 Å². The minimum absolute atomic E-state index is 0.0312. The molecule has 1 rings (SSSR count). The van der Waals surface area contributed by atoms with Crippen LogP contribution in [0.25, 0.3) is 0 Å². The Hall–Kier alpha value is -1.86. The highest BCUT2D eigenvalue weighted by Gasteiger charge is 2.15. The Bertz CT molecular complexity index is 486. The zero-order valence-electron chi connectivity index (χ0n) is 11.7. The zero-order valence-corrected chi connectivity index (χ0v) is 11.7. The van der Waals surface area contributed by atoms with E-state index in [1.54, 1.807) is 23.4 Å². The molecule has 102 valence electrons. The maximum absolute atomic E-state index is 12.3. The molecular weight excluding hydrogens is 240 g/mol. The second kappa shape index (κ2) is 7.55. The van der Waals surface area contributed by atoms with Crippen molar-refractivity contribution in [3.05, 3.63) is 29.6 Å². The van der Waals surface area contributed by atoms with E-state index in [1.165, 1.54) is 0 Å². The van der Waals surface area contributed by atoms with Crippen molar-refractivity contribution in [2.45, 2.75) is 20.8 Å². The van der Waals surface area contributed by atoms with Gasteiger partial charge in [0, 0.05) is 31.0 Å². The van der Waals surface area contributed by atoms with Crippen molar-refractivity contribution in [1.29, 1.82) is 0 Å². The summed E-state index contributed by atoms with van der Waals surface area (Å²) in [6, 6.07) is 1.71. The number of aliphatic hydroxyl groups excluding tert-OH is 1. The standard InChI is InChI=1S/C15H20N2O2/c1-4-17(11-12(2)3)15(19)14-8-13(6-5-7-18)9-16-10-14/h8-10,12,18H,4,7,11H2,1-3H3. The molecule has 1 amide bonds. The van der Waals surface area contributed by atoms with Crippen LogP contribution in [0.2, 0.25) is 0 Å². The molecule has 0 aliphatic heterocycles. The maximum atomic E-state index is 12.3. The molecule has 0 unspecified atom stereocenters. The fraction of sp³-hybridized carbons (Fsp3) is 0.467. The summed E-state index contributed by atoms with van der Waals surface area (Å²) in [4.78, 5) is 18.1. The Morgan fingerprint density at radius 1 is 1.47 bits per heavy atom. The second-order valence-electron chi connectivity index (χ2n) is 4.66. The summed E-state index contributed by atoms with van der Waals surface area (Å²) in [7, 11) is 0. The van der Waals surface area contributed by atoms with Gasteiger partial charge in [0.2, 0.25) is 0 Å². The van der Waals surface area contributed by atoms with Crippen molar-refractivity contribution < 1.29 is 9.90 Å². The molecule has 1 aromatic heterocycles. The Balaban J connectivity index is 2.92. The molecule has 19 heavy (non-hydrogen) atoms. The highest BCUT2D eigenvalue weighted by atomic mass is 16.2. The highest BCUT2D eigenvalue weighted by Crippen LogP contribution is 2.08. The molecule has 0 saturated heterocycles. The first-order chi connectivity index (χ1) is 9.08.